The maximum atomic E-state index is 13.7. The van der Waals surface area contributed by atoms with Crippen molar-refractivity contribution in [1.82, 2.24) is 25.2 Å². The van der Waals surface area contributed by atoms with Gasteiger partial charge in [-0.3, -0.25) is 4.79 Å². The number of nitrogens with one attached hydrogen (secondary N) is 1. The molecule has 1 amide bonds. The van der Waals surface area contributed by atoms with Crippen molar-refractivity contribution in [1.29, 1.82) is 0 Å². The van der Waals surface area contributed by atoms with E-state index in [-0.39, 0.29) is 17.8 Å². The fourth-order valence-corrected chi connectivity index (χ4v) is 3.44. The Morgan fingerprint density at radius 3 is 2.78 bits per heavy atom. The number of hydrogen-bond acceptors (Lipinski definition) is 4. The number of nitrogens with zero attached hydrogens (tertiary/aromatic N) is 4. The Morgan fingerprint density at radius 2 is 2.00 bits per heavy atom. The van der Waals surface area contributed by atoms with Crippen LogP contribution in [-0.4, -0.2) is 45.4 Å². The van der Waals surface area contributed by atoms with Crippen LogP contribution in [-0.2, 0) is 0 Å². The largest absolute Gasteiger partial charge is 0.328 e. The molecule has 1 atom stereocenters. The highest BCUT2D eigenvalue weighted by Crippen LogP contribution is 2.25. The lowest BCUT2D eigenvalue weighted by atomic mass is 10.0. The van der Waals surface area contributed by atoms with Gasteiger partial charge in [0.15, 0.2) is 5.69 Å². The zero-order valence-corrected chi connectivity index (χ0v) is 15.0. The molecule has 0 radical (unpaired) electrons. The molecule has 1 N–H and O–H groups in total. The summed E-state index contributed by atoms with van der Waals surface area (Å²) in [6.45, 7) is 3.61. The first-order valence-corrected chi connectivity index (χ1v) is 8.90. The van der Waals surface area contributed by atoms with Crippen molar-refractivity contribution in [3.8, 4) is 5.69 Å². The van der Waals surface area contributed by atoms with Gasteiger partial charge < -0.3 is 10.2 Å². The number of aromatic nitrogens is 3. The van der Waals surface area contributed by atoms with Gasteiger partial charge in [-0.25, -0.2) is 9.07 Å². The first-order valence-electron chi connectivity index (χ1n) is 8.90. The van der Waals surface area contributed by atoms with E-state index >= 15 is 0 Å². The molecule has 1 aromatic heterocycles. The van der Waals surface area contributed by atoms with Gasteiger partial charge in [0, 0.05) is 19.6 Å². The number of amides is 1. The monoisotopic (exact) mass is 365 g/mol. The second-order valence-corrected chi connectivity index (χ2v) is 6.54. The van der Waals surface area contributed by atoms with Crippen LogP contribution in [0, 0.1) is 12.7 Å². The van der Waals surface area contributed by atoms with Crippen molar-refractivity contribution < 1.29 is 9.18 Å². The number of para-hydroxylation sites is 1. The van der Waals surface area contributed by atoms with Gasteiger partial charge in [0.1, 0.15) is 5.82 Å². The van der Waals surface area contributed by atoms with Crippen LogP contribution in [0.1, 0.15) is 27.8 Å². The lowest BCUT2D eigenvalue weighted by molar-refractivity contribution is 0.0627. The third-order valence-electron chi connectivity index (χ3n) is 4.84. The molecule has 1 aliphatic heterocycles. The SMILES string of the molecule is Cc1c(C(=O)N2CCNCC2c2cccc(F)c2)nnn1-c1ccccc1. The van der Waals surface area contributed by atoms with Crippen LogP contribution in [0.4, 0.5) is 4.39 Å². The number of halogens is 1. The number of rotatable bonds is 3. The van der Waals surface area contributed by atoms with E-state index < -0.39 is 0 Å². The molecule has 0 aliphatic carbocycles. The van der Waals surface area contributed by atoms with Crippen LogP contribution in [0.25, 0.3) is 5.69 Å². The smallest absolute Gasteiger partial charge is 0.276 e. The quantitative estimate of drug-likeness (QED) is 0.775. The minimum Gasteiger partial charge on any atom is -0.328 e. The van der Waals surface area contributed by atoms with Crippen LogP contribution in [0.2, 0.25) is 0 Å². The van der Waals surface area contributed by atoms with Crippen molar-refractivity contribution in [2.75, 3.05) is 19.6 Å². The van der Waals surface area contributed by atoms with Crippen LogP contribution in [0.5, 0.6) is 0 Å². The van der Waals surface area contributed by atoms with Crippen LogP contribution < -0.4 is 5.32 Å². The molecule has 27 heavy (non-hydrogen) atoms. The lowest BCUT2D eigenvalue weighted by Gasteiger charge is -2.36. The minimum atomic E-state index is -0.309. The summed E-state index contributed by atoms with van der Waals surface area (Å²) in [7, 11) is 0. The number of carbonyl (C=O) groups excluding carboxylic acids is 1. The summed E-state index contributed by atoms with van der Waals surface area (Å²) in [5.41, 5.74) is 2.62. The van der Waals surface area contributed by atoms with Crippen LogP contribution in [0.3, 0.4) is 0 Å². The number of carbonyl (C=O) groups is 1. The predicted octanol–water partition coefficient (Wildman–Crippen LogP) is 2.50. The molecule has 138 valence electrons. The molecular formula is C20H20FN5O. The van der Waals surface area contributed by atoms with E-state index in [4.69, 9.17) is 0 Å². The van der Waals surface area contributed by atoms with Gasteiger partial charge in [0.05, 0.1) is 17.4 Å². The second kappa shape index (κ2) is 7.28. The minimum absolute atomic E-state index is 0.189. The van der Waals surface area contributed by atoms with Crippen molar-refractivity contribution in [2.45, 2.75) is 13.0 Å². The van der Waals surface area contributed by atoms with E-state index in [1.165, 1.54) is 12.1 Å². The summed E-state index contributed by atoms with van der Waals surface area (Å²) < 4.78 is 15.3. The first-order chi connectivity index (χ1) is 13.1. The van der Waals surface area contributed by atoms with E-state index in [0.717, 1.165) is 11.3 Å². The Balaban J connectivity index is 1.66. The molecule has 0 spiro atoms. The highest BCUT2D eigenvalue weighted by molar-refractivity contribution is 5.93. The molecule has 2 heterocycles. The Kier molecular flexibility index (Phi) is 4.68. The van der Waals surface area contributed by atoms with Gasteiger partial charge in [0.25, 0.3) is 5.91 Å². The summed E-state index contributed by atoms with van der Waals surface area (Å²) in [5.74, 6) is -0.498. The molecule has 1 saturated heterocycles. The summed E-state index contributed by atoms with van der Waals surface area (Å²) in [6, 6.07) is 15.7. The topological polar surface area (TPSA) is 63.1 Å². The molecule has 2 aromatic carbocycles. The van der Waals surface area contributed by atoms with E-state index in [0.29, 0.717) is 31.0 Å². The predicted molar refractivity (Wildman–Crippen MR) is 99.1 cm³/mol. The van der Waals surface area contributed by atoms with Gasteiger partial charge in [-0.2, -0.15) is 0 Å². The molecule has 1 fully saturated rings. The number of piperazine rings is 1. The summed E-state index contributed by atoms with van der Waals surface area (Å²) in [5, 5.41) is 11.6. The zero-order chi connectivity index (χ0) is 18.8. The van der Waals surface area contributed by atoms with Gasteiger partial charge in [-0.05, 0) is 36.8 Å². The molecule has 0 bridgehead atoms. The maximum Gasteiger partial charge on any atom is 0.276 e. The molecule has 7 heteroatoms. The average Bonchev–Trinajstić information content (AvgIpc) is 3.09. The molecule has 0 saturated carbocycles. The maximum absolute atomic E-state index is 13.7. The summed E-state index contributed by atoms with van der Waals surface area (Å²) in [6.07, 6.45) is 0. The fourth-order valence-electron chi connectivity index (χ4n) is 3.44. The Hall–Kier alpha value is -3.06. The van der Waals surface area contributed by atoms with Gasteiger partial charge in [-0.1, -0.05) is 35.5 Å². The van der Waals surface area contributed by atoms with Crippen LogP contribution in [0.15, 0.2) is 54.6 Å². The van der Waals surface area contributed by atoms with Crippen molar-refractivity contribution in [3.63, 3.8) is 0 Å². The van der Waals surface area contributed by atoms with E-state index in [9.17, 15) is 9.18 Å². The summed E-state index contributed by atoms with van der Waals surface area (Å²) in [4.78, 5) is 15.0. The number of benzene rings is 2. The Morgan fingerprint density at radius 1 is 1.19 bits per heavy atom. The van der Waals surface area contributed by atoms with Crippen molar-refractivity contribution in [2.24, 2.45) is 0 Å². The molecule has 1 aliphatic rings. The molecule has 4 rings (SSSR count). The van der Waals surface area contributed by atoms with Gasteiger partial charge in [-0.15, -0.1) is 5.10 Å². The van der Waals surface area contributed by atoms with Gasteiger partial charge >= 0.3 is 0 Å². The molecule has 1 unspecified atom stereocenters. The second-order valence-electron chi connectivity index (χ2n) is 6.54. The Bertz CT molecular complexity index is 956. The zero-order valence-electron chi connectivity index (χ0n) is 15.0. The highest BCUT2D eigenvalue weighted by Gasteiger charge is 2.31. The van der Waals surface area contributed by atoms with E-state index in [1.807, 2.05) is 43.3 Å². The van der Waals surface area contributed by atoms with E-state index in [2.05, 4.69) is 15.6 Å². The summed E-state index contributed by atoms with van der Waals surface area (Å²) >= 11 is 0. The van der Waals surface area contributed by atoms with Crippen molar-refractivity contribution >= 4 is 5.91 Å². The average molecular weight is 365 g/mol. The molecule has 6 nitrogen and oxygen atoms in total. The van der Waals surface area contributed by atoms with E-state index in [1.54, 1.807) is 15.6 Å². The molecule has 3 aromatic rings. The Labute approximate surface area is 156 Å². The van der Waals surface area contributed by atoms with Crippen LogP contribution >= 0.6 is 0 Å². The third-order valence-corrected chi connectivity index (χ3v) is 4.84. The third kappa shape index (κ3) is 3.33. The normalized spacial score (nSPS) is 17.1. The lowest BCUT2D eigenvalue weighted by Crippen LogP contribution is -2.49. The highest BCUT2D eigenvalue weighted by atomic mass is 19.1. The molecular weight excluding hydrogens is 345 g/mol. The van der Waals surface area contributed by atoms with Crippen molar-refractivity contribution in [3.05, 3.63) is 77.4 Å². The van der Waals surface area contributed by atoms with Gasteiger partial charge in [0.2, 0.25) is 0 Å². The number of hydrogen-bond donors (Lipinski definition) is 1. The first kappa shape index (κ1) is 17.4. The fraction of sp³-hybridized carbons (Fsp3) is 0.250. The standard InChI is InChI=1S/C20H20FN5O/c1-14-19(23-24-26(14)17-8-3-2-4-9-17)20(27)25-11-10-22-13-18(25)15-6-5-7-16(21)12-15/h2-9,12,18,22H,10-11,13H2,1H3.